The van der Waals surface area contributed by atoms with E-state index in [-0.39, 0.29) is 5.91 Å². The second-order valence-electron chi connectivity index (χ2n) is 7.62. The topological polar surface area (TPSA) is 81.1 Å². The van der Waals surface area contributed by atoms with Crippen molar-refractivity contribution in [2.45, 2.75) is 13.3 Å². The van der Waals surface area contributed by atoms with Crippen LogP contribution in [0.25, 0.3) is 11.1 Å². The van der Waals surface area contributed by atoms with Gasteiger partial charge >= 0.3 is 0 Å². The summed E-state index contributed by atoms with van der Waals surface area (Å²) in [5.74, 6) is 0.718. The van der Waals surface area contributed by atoms with E-state index >= 15 is 0 Å². The van der Waals surface area contributed by atoms with Gasteiger partial charge < -0.3 is 15.5 Å². The van der Waals surface area contributed by atoms with Crippen molar-refractivity contribution >= 4 is 17.4 Å². The summed E-state index contributed by atoms with van der Waals surface area (Å²) in [7, 11) is 0. The largest absolute Gasteiger partial charge is 0.355 e. The van der Waals surface area contributed by atoms with Crippen molar-refractivity contribution in [3.8, 4) is 17.2 Å². The smallest absolute Gasteiger partial charge is 0.257 e. The third-order valence-electron chi connectivity index (χ3n) is 5.58. The highest BCUT2D eigenvalue weighted by Gasteiger charge is 2.14. The van der Waals surface area contributed by atoms with Gasteiger partial charge in [0.25, 0.3) is 5.91 Å². The van der Waals surface area contributed by atoms with E-state index < -0.39 is 0 Å². The predicted octanol–water partition coefficient (Wildman–Crippen LogP) is 3.98. The molecule has 2 N–H and O–H groups in total. The minimum atomic E-state index is -0.184. The van der Waals surface area contributed by atoms with Crippen LogP contribution in [0.4, 0.5) is 11.5 Å². The van der Waals surface area contributed by atoms with Crippen molar-refractivity contribution in [1.82, 2.24) is 10.3 Å². The maximum absolute atomic E-state index is 12.8. The van der Waals surface area contributed by atoms with E-state index in [9.17, 15) is 4.79 Å². The van der Waals surface area contributed by atoms with E-state index in [0.29, 0.717) is 11.1 Å². The number of benzene rings is 2. The second-order valence-corrected chi connectivity index (χ2v) is 7.62. The van der Waals surface area contributed by atoms with Crippen molar-refractivity contribution in [1.29, 1.82) is 5.26 Å². The molecule has 0 unspecified atom stereocenters. The molecule has 0 atom stereocenters. The quantitative estimate of drug-likeness (QED) is 0.679. The zero-order chi connectivity index (χ0) is 21.6. The van der Waals surface area contributed by atoms with Gasteiger partial charge in [-0.2, -0.15) is 5.26 Å². The van der Waals surface area contributed by atoms with Crippen molar-refractivity contribution in [3.05, 3.63) is 77.5 Å². The third kappa shape index (κ3) is 4.73. The van der Waals surface area contributed by atoms with Gasteiger partial charge in [-0.3, -0.25) is 4.79 Å². The highest BCUT2D eigenvalue weighted by molar-refractivity contribution is 6.05. The van der Waals surface area contributed by atoms with Crippen molar-refractivity contribution in [2.75, 3.05) is 36.4 Å². The zero-order valence-electron chi connectivity index (χ0n) is 17.6. The molecule has 0 radical (unpaired) electrons. The standard InChI is InChI=1S/C25H25N5O/c1-18-22(20-8-6-19(16-26)7-9-20)4-2-5-23(18)29-25(31)21-10-11-24(28-17-21)30-14-3-12-27-13-15-30/h2,4-11,17,27H,3,12-15H2,1H3,(H,29,31). The van der Waals surface area contributed by atoms with Crippen LogP contribution in [-0.4, -0.2) is 37.1 Å². The highest BCUT2D eigenvalue weighted by atomic mass is 16.1. The molecule has 6 nitrogen and oxygen atoms in total. The fourth-order valence-corrected chi connectivity index (χ4v) is 3.78. The monoisotopic (exact) mass is 411 g/mol. The molecule has 2 aromatic carbocycles. The zero-order valence-corrected chi connectivity index (χ0v) is 17.6. The lowest BCUT2D eigenvalue weighted by atomic mass is 9.98. The van der Waals surface area contributed by atoms with Crippen molar-refractivity contribution in [2.24, 2.45) is 0 Å². The molecule has 0 saturated carbocycles. The SMILES string of the molecule is Cc1c(NC(=O)c2ccc(N3CCCNCC3)nc2)cccc1-c1ccc(C#N)cc1. The number of hydrogen-bond acceptors (Lipinski definition) is 5. The molecule has 2 heterocycles. The number of carbonyl (C=O) groups is 1. The van der Waals surface area contributed by atoms with Gasteiger partial charge in [-0.15, -0.1) is 0 Å². The molecule has 6 heteroatoms. The first kappa shape index (κ1) is 20.6. The van der Waals surface area contributed by atoms with Gasteiger partial charge in [0.05, 0.1) is 17.2 Å². The molecule has 0 bridgehead atoms. The number of carbonyl (C=O) groups excluding carboxylic acids is 1. The van der Waals surface area contributed by atoms with Gasteiger partial charge in [-0.05, 0) is 66.9 Å². The Morgan fingerprint density at radius 3 is 2.68 bits per heavy atom. The molecule has 3 aromatic rings. The maximum atomic E-state index is 12.8. The lowest BCUT2D eigenvalue weighted by molar-refractivity contribution is 0.102. The summed E-state index contributed by atoms with van der Waals surface area (Å²) in [5.41, 5.74) is 4.91. The summed E-state index contributed by atoms with van der Waals surface area (Å²) in [6.07, 6.45) is 2.72. The van der Waals surface area contributed by atoms with Crippen LogP contribution in [0.3, 0.4) is 0 Å². The molecule has 4 rings (SSSR count). The lowest BCUT2D eigenvalue weighted by Crippen LogP contribution is -2.28. The fraction of sp³-hybridized carbons (Fsp3) is 0.240. The van der Waals surface area contributed by atoms with E-state index in [1.807, 2.05) is 49.4 Å². The Labute approximate surface area is 182 Å². The predicted molar refractivity (Wildman–Crippen MR) is 123 cm³/mol. The summed E-state index contributed by atoms with van der Waals surface area (Å²) in [4.78, 5) is 19.6. The number of pyridine rings is 1. The highest BCUT2D eigenvalue weighted by Crippen LogP contribution is 2.29. The molecule has 0 aliphatic carbocycles. The summed E-state index contributed by atoms with van der Waals surface area (Å²) in [5, 5.41) is 15.4. The van der Waals surface area contributed by atoms with Gasteiger partial charge in [0.2, 0.25) is 0 Å². The number of nitriles is 1. The van der Waals surface area contributed by atoms with Gasteiger partial charge in [0, 0.05) is 31.5 Å². The van der Waals surface area contributed by atoms with Gasteiger partial charge in [-0.25, -0.2) is 4.98 Å². The average Bonchev–Trinajstić information content (AvgIpc) is 3.10. The molecule has 1 fully saturated rings. The summed E-state index contributed by atoms with van der Waals surface area (Å²) < 4.78 is 0. The Hall–Kier alpha value is -3.69. The Bertz CT molecular complexity index is 1090. The molecular formula is C25H25N5O. The minimum Gasteiger partial charge on any atom is -0.355 e. The Morgan fingerprint density at radius 2 is 1.94 bits per heavy atom. The number of nitrogens with zero attached hydrogens (tertiary/aromatic N) is 3. The van der Waals surface area contributed by atoms with E-state index in [4.69, 9.17) is 5.26 Å². The molecule has 0 spiro atoms. The third-order valence-corrected chi connectivity index (χ3v) is 5.58. The first-order chi connectivity index (χ1) is 15.2. The fourth-order valence-electron chi connectivity index (χ4n) is 3.78. The van der Waals surface area contributed by atoms with Crippen LogP contribution >= 0.6 is 0 Å². The summed E-state index contributed by atoms with van der Waals surface area (Å²) in [6.45, 7) is 5.83. The first-order valence-electron chi connectivity index (χ1n) is 10.5. The first-order valence-corrected chi connectivity index (χ1v) is 10.5. The van der Waals surface area contributed by atoms with E-state index in [2.05, 4.69) is 26.6 Å². The molecule has 1 aromatic heterocycles. The van der Waals surface area contributed by atoms with Crippen LogP contribution in [0.15, 0.2) is 60.8 Å². The minimum absolute atomic E-state index is 0.184. The van der Waals surface area contributed by atoms with Crippen LogP contribution in [0.2, 0.25) is 0 Å². The molecule has 1 aliphatic rings. The number of hydrogen-bond donors (Lipinski definition) is 2. The number of amides is 1. The van der Waals surface area contributed by atoms with Crippen LogP contribution in [0.5, 0.6) is 0 Å². The normalized spacial score (nSPS) is 13.9. The maximum Gasteiger partial charge on any atom is 0.257 e. The number of nitrogens with one attached hydrogen (secondary N) is 2. The number of aromatic nitrogens is 1. The number of rotatable bonds is 4. The van der Waals surface area contributed by atoms with Crippen LogP contribution in [-0.2, 0) is 0 Å². The molecule has 1 saturated heterocycles. The number of anilines is 2. The second kappa shape index (κ2) is 9.41. The van der Waals surface area contributed by atoms with Crippen LogP contribution in [0, 0.1) is 18.3 Å². The lowest BCUT2D eigenvalue weighted by Gasteiger charge is -2.21. The van der Waals surface area contributed by atoms with Crippen LogP contribution < -0.4 is 15.5 Å². The van der Waals surface area contributed by atoms with Crippen molar-refractivity contribution < 1.29 is 4.79 Å². The summed E-state index contributed by atoms with van der Waals surface area (Å²) in [6, 6.07) is 19.2. The summed E-state index contributed by atoms with van der Waals surface area (Å²) >= 11 is 0. The molecular weight excluding hydrogens is 386 g/mol. The van der Waals surface area contributed by atoms with Gasteiger partial charge in [-0.1, -0.05) is 24.3 Å². The van der Waals surface area contributed by atoms with E-state index in [1.54, 1.807) is 18.3 Å². The molecule has 156 valence electrons. The molecule has 31 heavy (non-hydrogen) atoms. The Morgan fingerprint density at radius 1 is 1.10 bits per heavy atom. The van der Waals surface area contributed by atoms with Crippen molar-refractivity contribution in [3.63, 3.8) is 0 Å². The van der Waals surface area contributed by atoms with Crippen LogP contribution in [0.1, 0.15) is 27.9 Å². The average molecular weight is 412 g/mol. The van der Waals surface area contributed by atoms with E-state index in [0.717, 1.165) is 60.8 Å². The van der Waals surface area contributed by atoms with Gasteiger partial charge in [0.15, 0.2) is 0 Å². The Balaban J connectivity index is 1.50. The molecule has 1 aliphatic heterocycles. The molecule has 1 amide bonds. The van der Waals surface area contributed by atoms with Gasteiger partial charge in [0.1, 0.15) is 5.82 Å². The van der Waals surface area contributed by atoms with E-state index in [1.165, 1.54) is 0 Å². The Kier molecular flexibility index (Phi) is 6.25.